The number of hydrogen-bond donors (Lipinski definition) is 1. The standard InChI is InChI=1S/C14H9BrCl3NO/c1-7-4-10(15)13(6-11(7)17)19-14(20)9-3-2-8(16)5-12(9)18/h2-6H,1H3,(H,19,20). The lowest BCUT2D eigenvalue weighted by Crippen LogP contribution is -2.13. The fourth-order valence-corrected chi connectivity index (χ4v) is 2.82. The van der Waals surface area contributed by atoms with Gasteiger partial charge in [-0.1, -0.05) is 34.8 Å². The molecule has 0 aliphatic carbocycles. The third-order valence-electron chi connectivity index (χ3n) is 2.67. The summed E-state index contributed by atoms with van der Waals surface area (Å²) in [4.78, 5) is 12.2. The molecule has 0 unspecified atom stereocenters. The van der Waals surface area contributed by atoms with Gasteiger partial charge in [0, 0.05) is 14.5 Å². The van der Waals surface area contributed by atoms with Crippen molar-refractivity contribution in [1.82, 2.24) is 0 Å². The molecule has 0 saturated heterocycles. The van der Waals surface area contributed by atoms with Crippen LogP contribution in [0.5, 0.6) is 0 Å². The van der Waals surface area contributed by atoms with Crippen molar-refractivity contribution >= 4 is 62.3 Å². The number of halogens is 4. The van der Waals surface area contributed by atoms with Crippen LogP contribution >= 0.6 is 50.7 Å². The maximum Gasteiger partial charge on any atom is 0.257 e. The highest BCUT2D eigenvalue weighted by atomic mass is 79.9. The summed E-state index contributed by atoms with van der Waals surface area (Å²) in [5.74, 6) is -0.327. The lowest BCUT2D eigenvalue weighted by molar-refractivity contribution is 0.102. The lowest BCUT2D eigenvalue weighted by atomic mass is 10.2. The van der Waals surface area contributed by atoms with E-state index in [0.717, 1.165) is 10.0 Å². The van der Waals surface area contributed by atoms with Crippen molar-refractivity contribution in [2.75, 3.05) is 5.32 Å². The highest BCUT2D eigenvalue weighted by Crippen LogP contribution is 2.30. The molecule has 2 aromatic carbocycles. The molecular formula is C14H9BrCl3NO. The van der Waals surface area contributed by atoms with E-state index in [1.54, 1.807) is 18.2 Å². The summed E-state index contributed by atoms with van der Waals surface area (Å²) in [6, 6.07) is 8.22. The topological polar surface area (TPSA) is 29.1 Å². The zero-order valence-corrected chi connectivity index (χ0v) is 14.2. The van der Waals surface area contributed by atoms with E-state index in [-0.39, 0.29) is 5.91 Å². The van der Waals surface area contributed by atoms with Crippen molar-refractivity contribution in [3.63, 3.8) is 0 Å². The molecule has 0 aliphatic rings. The minimum atomic E-state index is -0.327. The molecule has 2 aromatic rings. The second-order valence-electron chi connectivity index (χ2n) is 4.16. The minimum absolute atomic E-state index is 0.296. The first-order chi connectivity index (χ1) is 9.38. The van der Waals surface area contributed by atoms with E-state index in [1.807, 2.05) is 13.0 Å². The van der Waals surface area contributed by atoms with Gasteiger partial charge in [-0.05, 0) is 58.7 Å². The fourth-order valence-electron chi connectivity index (χ4n) is 1.61. The lowest BCUT2D eigenvalue weighted by Gasteiger charge is -2.10. The monoisotopic (exact) mass is 391 g/mol. The van der Waals surface area contributed by atoms with Crippen LogP contribution < -0.4 is 5.32 Å². The van der Waals surface area contributed by atoms with Gasteiger partial charge in [0.1, 0.15) is 0 Å². The van der Waals surface area contributed by atoms with Crippen LogP contribution in [0.4, 0.5) is 5.69 Å². The summed E-state index contributed by atoms with van der Waals surface area (Å²) in [5.41, 5.74) is 1.84. The van der Waals surface area contributed by atoms with Gasteiger partial charge in [0.15, 0.2) is 0 Å². The minimum Gasteiger partial charge on any atom is -0.321 e. The van der Waals surface area contributed by atoms with E-state index in [9.17, 15) is 4.79 Å². The predicted molar refractivity (Wildman–Crippen MR) is 88.3 cm³/mol. The number of anilines is 1. The number of hydrogen-bond acceptors (Lipinski definition) is 1. The molecule has 0 aromatic heterocycles. The number of amides is 1. The number of aryl methyl sites for hydroxylation is 1. The molecule has 0 radical (unpaired) electrons. The molecule has 6 heteroatoms. The highest BCUT2D eigenvalue weighted by Gasteiger charge is 2.13. The van der Waals surface area contributed by atoms with Crippen LogP contribution in [0.15, 0.2) is 34.8 Å². The van der Waals surface area contributed by atoms with Gasteiger partial charge < -0.3 is 5.32 Å². The van der Waals surface area contributed by atoms with Gasteiger partial charge in [0.25, 0.3) is 5.91 Å². The first-order valence-corrected chi connectivity index (χ1v) is 7.53. The summed E-state index contributed by atoms with van der Waals surface area (Å²) in [6.07, 6.45) is 0. The SMILES string of the molecule is Cc1cc(Br)c(NC(=O)c2ccc(Cl)cc2Cl)cc1Cl. The summed E-state index contributed by atoms with van der Waals surface area (Å²) in [6.45, 7) is 1.88. The molecule has 0 atom stereocenters. The molecule has 2 rings (SSSR count). The van der Waals surface area contributed by atoms with Crippen molar-refractivity contribution < 1.29 is 4.79 Å². The average Bonchev–Trinajstić information content (AvgIpc) is 2.35. The quantitative estimate of drug-likeness (QED) is 0.669. The van der Waals surface area contributed by atoms with Gasteiger partial charge in [-0.25, -0.2) is 0 Å². The van der Waals surface area contributed by atoms with Crippen LogP contribution in [0.3, 0.4) is 0 Å². The molecule has 1 N–H and O–H groups in total. The second kappa shape index (κ2) is 6.35. The smallest absolute Gasteiger partial charge is 0.257 e. The third kappa shape index (κ3) is 3.47. The van der Waals surface area contributed by atoms with Crippen LogP contribution in [0.1, 0.15) is 15.9 Å². The summed E-state index contributed by atoms with van der Waals surface area (Å²) < 4.78 is 0.748. The van der Waals surface area contributed by atoms with E-state index in [0.29, 0.717) is 26.3 Å². The molecule has 0 heterocycles. The molecule has 2 nitrogen and oxygen atoms in total. The number of nitrogens with one attached hydrogen (secondary N) is 1. The van der Waals surface area contributed by atoms with Gasteiger partial charge in [-0.3, -0.25) is 4.79 Å². The summed E-state index contributed by atoms with van der Waals surface area (Å²) in [7, 11) is 0. The Morgan fingerprint density at radius 1 is 1.10 bits per heavy atom. The van der Waals surface area contributed by atoms with Crippen LogP contribution in [0.2, 0.25) is 15.1 Å². The Bertz CT molecular complexity index is 688. The normalized spacial score (nSPS) is 10.4. The van der Waals surface area contributed by atoms with Crippen molar-refractivity contribution in [3.8, 4) is 0 Å². The van der Waals surface area contributed by atoms with Gasteiger partial charge in [0.05, 0.1) is 16.3 Å². The van der Waals surface area contributed by atoms with E-state index in [4.69, 9.17) is 34.8 Å². The van der Waals surface area contributed by atoms with Crippen LogP contribution in [0.25, 0.3) is 0 Å². The van der Waals surface area contributed by atoms with E-state index < -0.39 is 0 Å². The molecule has 20 heavy (non-hydrogen) atoms. The van der Waals surface area contributed by atoms with Gasteiger partial charge >= 0.3 is 0 Å². The maximum atomic E-state index is 12.2. The van der Waals surface area contributed by atoms with Crippen molar-refractivity contribution in [2.45, 2.75) is 6.92 Å². The number of rotatable bonds is 2. The average molecular weight is 393 g/mol. The van der Waals surface area contributed by atoms with E-state index in [2.05, 4.69) is 21.2 Å². The molecule has 0 aliphatic heterocycles. The fraction of sp³-hybridized carbons (Fsp3) is 0.0714. The Hall–Kier alpha value is -0.740. The van der Waals surface area contributed by atoms with Crippen molar-refractivity contribution in [3.05, 3.63) is 61.0 Å². The molecule has 0 saturated carbocycles. The molecule has 104 valence electrons. The Morgan fingerprint density at radius 2 is 1.80 bits per heavy atom. The highest BCUT2D eigenvalue weighted by molar-refractivity contribution is 9.10. The first kappa shape index (κ1) is 15.6. The second-order valence-corrected chi connectivity index (χ2v) is 6.26. The zero-order chi connectivity index (χ0) is 14.9. The maximum absolute atomic E-state index is 12.2. The van der Waals surface area contributed by atoms with Gasteiger partial charge in [-0.15, -0.1) is 0 Å². The summed E-state index contributed by atoms with van der Waals surface area (Å²) in [5, 5.41) is 4.11. The Morgan fingerprint density at radius 3 is 2.45 bits per heavy atom. The third-order valence-corrected chi connectivity index (χ3v) is 4.28. The van der Waals surface area contributed by atoms with Crippen molar-refractivity contribution in [1.29, 1.82) is 0 Å². The first-order valence-electron chi connectivity index (χ1n) is 5.60. The molecular weight excluding hydrogens is 384 g/mol. The molecule has 0 bridgehead atoms. The zero-order valence-electron chi connectivity index (χ0n) is 10.3. The largest absolute Gasteiger partial charge is 0.321 e. The molecule has 0 fully saturated rings. The summed E-state index contributed by atoms with van der Waals surface area (Å²) >= 11 is 21.2. The predicted octanol–water partition coefficient (Wildman–Crippen LogP) is 5.97. The van der Waals surface area contributed by atoms with E-state index >= 15 is 0 Å². The van der Waals surface area contributed by atoms with Crippen LogP contribution in [0, 0.1) is 6.92 Å². The molecule has 1 amide bonds. The van der Waals surface area contributed by atoms with Gasteiger partial charge in [0.2, 0.25) is 0 Å². The Balaban J connectivity index is 2.30. The van der Waals surface area contributed by atoms with Crippen LogP contribution in [-0.4, -0.2) is 5.91 Å². The van der Waals surface area contributed by atoms with Crippen LogP contribution in [-0.2, 0) is 0 Å². The number of benzene rings is 2. The number of carbonyl (C=O) groups is 1. The van der Waals surface area contributed by atoms with E-state index in [1.165, 1.54) is 6.07 Å². The Labute approximate surface area is 140 Å². The van der Waals surface area contributed by atoms with Crippen molar-refractivity contribution in [2.24, 2.45) is 0 Å². The Kier molecular flexibility index (Phi) is 4.97. The van der Waals surface area contributed by atoms with Gasteiger partial charge in [-0.2, -0.15) is 0 Å². The molecule has 0 spiro atoms. The number of carbonyl (C=O) groups excluding carboxylic acids is 1.